The molecule has 0 heterocycles. The molecule has 0 aliphatic heterocycles. The summed E-state index contributed by atoms with van der Waals surface area (Å²) < 4.78 is 0. The van der Waals surface area contributed by atoms with Gasteiger partial charge in [0.05, 0.1) is 0 Å². The predicted octanol–water partition coefficient (Wildman–Crippen LogP) is 3.98. The number of rotatable bonds is 4. The number of hydrogen-bond acceptors (Lipinski definition) is 1. The van der Waals surface area contributed by atoms with Crippen molar-refractivity contribution >= 4 is 0 Å². The first-order valence-electron chi connectivity index (χ1n) is 8.62. The van der Waals surface area contributed by atoms with Crippen molar-refractivity contribution in [1.82, 2.24) is 5.32 Å². The third kappa shape index (κ3) is 2.35. The minimum atomic E-state index is 0.878. The van der Waals surface area contributed by atoms with Crippen LogP contribution in [0, 0.1) is 29.6 Å². The fraction of sp³-hybridized carbons (Fsp3) is 1.00. The van der Waals surface area contributed by atoms with E-state index in [1.807, 2.05) is 0 Å². The standard InChI is InChI=1S/C17H29N/c1-2-14(13-6-7-13)10-17(3-1)18-11-16-9-12-4-5-15(16)8-12/h12-18H,1-11H2. The van der Waals surface area contributed by atoms with Crippen molar-refractivity contribution < 1.29 is 0 Å². The van der Waals surface area contributed by atoms with Gasteiger partial charge in [0.2, 0.25) is 0 Å². The van der Waals surface area contributed by atoms with Gasteiger partial charge >= 0.3 is 0 Å². The van der Waals surface area contributed by atoms with Gasteiger partial charge in [-0.3, -0.25) is 0 Å². The van der Waals surface area contributed by atoms with E-state index in [2.05, 4.69) is 5.32 Å². The zero-order valence-electron chi connectivity index (χ0n) is 11.7. The summed E-state index contributed by atoms with van der Waals surface area (Å²) in [5, 5.41) is 3.96. The van der Waals surface area contributed by atoms with E-state index in [-0.39, 0.29) is 0 Å². The van der Waals surface area contributed by atoms with E-state index in [0.717, 1.165) is 35.6 Å². The minimum Gasteiger partial charge on any atom is -0.314 e. The van der Waals surface area contributed by atoms with Gasteiger partial charge in [-0.1, -0.05) is 19.3 Å². The fourth-order valence-electron chi connectivity index (χ4n) is 5.35. The Morgan fingerprint density at radius 3 is 2.33 bits per heavy atom. The number of hydrogen-bond donors (Lipinski definition) is 1. The Bertz CT molecular complexity index is 296. The SMILES string of the molecule is C1CC(NCC2CC3CCC2C3)CC(C2CC2)C1. The van der Waals surface area contributed by atoms with Gasteiger partial charge in [0, 0.05) is 6.04 Å². The molecule has 18 heavy (non-hydrogen) atoms. The van der Waals surface area contributed by atoms with Crippen LogP contribution in [0.3, 0.4) is 0 Å². The Morgan fingerprint density at radius 1 is 0.722 bits per heavy atom. The summed E-state index contributed by atoms with van der Waals surface area (Å²) in [6, 6.07) is 0.878. The molecule has 0 radical (unpaired) electrons. The first-order chi connectivity index (χ1) is 8.88. The van der Waals surface area contributed by atoms with E-state index < -0.39 is 0 Å². The van der Waals surface area contributed by atoms with Crippen molar-refractivity contribution in [3.05, 3.63) is 0 Å². The summed E-state index contributed by atoms with van der Waals surface area (Å²) in [5.41, 5.74) is 0. The highest BCUT2D eigenvalue weighted by Gasteiger charge is 2.40. The van der Waals surface area contributed by atoms with Crippen LogP contribution in [0.4, 0.5) is 0 Å². The van der Waals surface area contributed by atoms with Crippen LogP contribution >= 0.6 is 0 Å². The summed E-state index contributed by atoms with van der Waals surface area (Å²) in [6.45, 7) is 1.35. The topological polar surface area (TPSA) is 12.0 Å². The molecule has 4 fully saturated rings. The summed E-state index contributed by atoms with van der Waals surface area (Å²) in [5.74, 6) is 5.50. The second kappa shape index (κ2) is 4.81. The van der Waals surface area contributed by atoms with Crippen LogP contribution in [0.1, 0.15) is 64.2 Å². The second-order valence-electron chi connectivity index (χ2n) is 7.80. The summed E-state index contributed by atoms with van der Waals surface area (Å²) in [7, 11) is 0. The van der Waals surface area contributed by atoms with Gasteiger partial charge in [-0.2, -0.15) is 0 Å². The van der Waals surface area contributed by atoms with E-state index >= 15 is 0 Å². The second-order valence-corrected chi connectivity index (χ2v) is 7.80. The number of fused-ring (bicyclic) bond motifs is 2. The van der Waals surface area contributed by atoms with Crippen LogP contribution in [0.2, 0.25) is 0 Å². The molecular weight excluding hydrogens is 218 g/mol. The first kappa shape index (κ1) is 11.8. The molecule has 5 unspecified atom stereocenters. The van der Waals surface area contributed by atoms with Crippen LogP contribution in [0.25, 0.3) is 0 Å². The smallest absolute Gasteiger partial charge is 0.00699 e. The van der Waals surface area contributed by atoms with Gasteiger partial charge in [0.25, 0.3) is 0 Å². The van der Waals surface area contributed by atoms with E-state index in [4.69, 9.17) is 0 Å². The normalized spacial score (nSPS) is 47.7. The van der Waals surface area contributed by atoms with Gasteiger partial charge < -0.3 is 5.32 Å². The molecule has 0 aromatic heterocycles. The zero-order chi connectivity index (χ0) is 11.9. The third-order valence-electron chi connectivity index (χ3n) is 6.56. The molecule has 0 aromatic carbocycles. The minimum absolute atomic E-state index is 0.878. The molecule has 4 aliphatic carbocycles. The predicted molar refractivity (Wildman–Crippen MR) is 75.4 cm³/mol. The van der Waals surface area contributed by atoms with E-state index in [0.29, 0.717) is 0 Å². The summed E-state index contributed by atoms with van der Waals surface area (Å²) >= 11 is 0. The molecule has 0 amide bonds. The lowest BCUT2D eigenvalue weighted by atomic mass is 9.82. The highest BCUT2D eigenvalue weighted by molar-refractivity contribution is 4.92. The molecule has 4 aliphatic rings. The maximum Gasteiger partial charge on any atom is 0.00699 e. The largest absolute Gasteiger partial charge is 0.314 e. The van der Waals surface area contributed by atoms with Gasteiger partial charge in [0.15, 0.2) is 0 Å². The Balaban J connectivity index is 1.24. The zero-order valence-corrected chi connectivity index (χ0v) is 11.7. The van der Waals surface area contributed by atoms with Crippen molar-refractivity contribution in [3.8, 4) is 0 Å². The third-order valence-corrected chi connectivity index (χ3v) is 6.56. The molecule has 1 N–H and O–H groups in total. The molecule has 4 saturated carbocycles. The molecule has 102 valence electrons. The molecule has 4 rings (SSSR count). The van der Waals surface area contributed by atoms with Crippen LogP contribution in [0.5, 0.6) is 0 Å². The molecule has 0 aromatic rings. The fourth-order valence-corrected chi connectivity index (χ4v) is 5.35. The molecule has 5 atom stereocenters. The Morgan fingerprint density at radius 2 is 1.61 bits per heavy atom. The quantitative estimate of drug-likeness (QED) is 0.792. The maximum atomic E-state index is 3.96. The molecule has 0 saturated heterocycles. The van der Waals surface area contributed by atoms with Crippen molar-refractivity contribution in [2.45, 2.75) is 70.3 Å². The van der Waals surface area contributed by atoms with Gasteiger partial charge in [0.1, 0.15) is 0 Å². The van der Waals surface area contributed by atoms with Crippen molar-refractivity contribution in [3.63, 3.8) is 0 Å². The lowest BCUT2D eigenvalue weighted by Crippen LogP contribution is -2.38. The molecular formula is C17H29N. The Kier molecular flexibility index (Phi) is 3.14. The van der Waals surface area contributed by atoms with E-state index in [1.165, 1.54) is 32.2 Å². The van der Waals surface area contributed by atoms with Crippen molar-refractivity contribution in [1.29, 1.82) is 0 Å². The average molecular weight is 247 g/mol. The number of nitrogens with one attached hydrogen (secondary N) is 1. The van der Waals surface area contributed by atoms with Gasteiger partial charge in [-0.05, 0) is 81.1 Å². The highest BCUT2D eigenvalue weighted by Crippen LogP contribution is 2.48. The van der Waals surface area contributed by atoms with Crippen LogP contribution in [-0.4, -0.2) is 12.6 Å². The van der Waals surface area contributed by atoms with Crippen molar-refractivity contribution in [2.75, 3.05) is 6.54 Å². The van der Waals surface area contributed by atoms with Crippen LogP contribution < -0.4 is 5.32 Å². The highest BCUT2D eigenvalue weighted by atomic mass is 14.9. The molecule has 2 bridgehead atoms. The molecule has 1 nitrogen and oxygen atoms in total. The van der Waals surface area contributed by atoms with E-state index in [9.17, 15) is 0 Å². The van der Waals surface area contributed by atoms with E-state index in [1.54, 1.807) is 38.5 Å². The lowest BCUT2D eigenvalue weighted by Gasteiger charge is -2.32. The lowest BCUT2D eigenvalue weighted by molar-refractivity contribution is 0.237. The van der Waals surface area contributed by atoms with Crippen molar-refractivity contribution in [2.24, 2.45) is 29.6 Å². The van der Waals surface area contributed by atoms with Gasteiger partial charge in [-0.25, -0.2) is 0 Å². The van der Waals surface area contributed by atoms with Crippen LogP contribution in [0.15, 0.2) is 0 Å². The van der Waals surface area contributed by atoms with Gasteiger partial charge in [-0.15, -0.1) is 0 Å². The maximum absolute atomic E-state index is 3.96. The monoisotopic (exact) mass is 247 g/mol. The Labute approximate surface area is 112 Å². The average Bonchev–Trinajstić information content (AvgIpc) is 3.06. The summed E-state index contributed by atoms with van der Waals surface area (Å²) in [4.78, 5) is 0. The summed E-state index contributed by atoms with van der Waals surface area (Å²) in [6.07, 6.45) is 15.3. The van der Waals surface area contributed by atoms with Crippen LogP contribution in [-0.2, 0) is 0 Å². The Hall–Kier alpha value is -0.0400. The molecule has 0 spiro atoms. The first-order valence-corrected chi connectivity index (χ1v) is 8.62. The molecule has 1 heteroatoms.